The van der Waals surface area contributed by atoms with Crippen LogP contribution in [0.1, 0.15) is 12.8 Å². The summed E-state index contributed by atoms with van der Waals surface area (Å²) in [7, 11) is -3.47. The van der Waals surface area contributed by atoms with Gasteiger partial charge in [0.15, 0.2) is 0 Å². The monoisotopic (exact) mass is 352 g/mol. The molecule has 0 bridgehead atoms. The first kappa shape index (κ1) is 17.9. The van der Waals surface area contributed by atoms with E-state index in [1.165, 1.54) is 4.31 Å². The molecule has 1 heterocycles. The summed E-state index contributed by atoms with van der Waals surface area (Å²) in [5.74, 6) is 0. The van der Waals surface area contributed by atoms with Gasteiger partial charge < -0.3 is 5.73 Å². The van der Waals surface area contributed by atoms with Gasteiger partial charge in [0, 0.05) is 19.1 Å². The fraction of sp³-hybridized carbons (Fsp3) is 0.294. The van der Waals surface area contributed by atoms with Crippen LogP contribution in [0.25, 0.3) is 11.1 Å². The highest BCUT2D eigenvalue weighted by molar-refractivity contribution is 7.89. The second-order valence-corrected chi connectivity index (χ2v) is 7.60. The Kier molecular flexibility index (Phi) is 5.81. The largest absolute Gasteiger partial charge is 0.327 e. The molecule has 0 radical (unpaired) electrons. The average Bonchev–Trinajstić information content (AvgIpc) is 2.56. The molecule has 0 aliphatic carbocycles. The number of piperidine rings is 1. The van der Waals surface area contributed by atoms with Gasteiger partial charge in [0.05, 0.1) is 4.90 Å². The van der Waals surface area contributed by atoms with Gasteiger partial charge in [-0.3, -0.25) is 0 Å². The SMILES string of the molecule is Cl.N[C@@H]1CCCN(S(=O)(=O)c2cccc(-c3ccccc3)c2)C1. The Morgan fingerprint density at radius 1 is 1.00 bits per heavy atom. The van der Waals surface area contributed by atoms with Crippen LogP contribution >= 0.6 is 12.4 Å². The van der Waals surface area contributed by atoms with Gasteiger partial charge in [-0.25, -0.2) is 8.42 Å². The summed E-state index contributed by atoms with van der Waals surface area (Å²) in [5, 5.41) is 0. The van der Waals surface area contributed by atoms with Crippen molar-refractivity contribution in [2.24, 2.45) is 5.73 Å². The predicted molar refractivity (Wildman–Crippen MR) is 95.1 cm³/mol. The molecule has 3 rings (SSSR count). The third kappa shape index (κ3) is 3.93. The minimum atomic E-state index is -3.47. The van der Waals surface area contributed by atoms with Gasteiger partial charge in [-0.15, -0.1) is 12.4 Å². The summed E-state index contributed by atoms with van der Waals surface area (Å²) in [5.41, 5.74) is 7.83. The van der Waals surface area contributed by atoms with Crippen molar-refractivity contribution in [1.82, 2.24) is 4.31 Å². The third-order valence-electron chi connectivity index (χ3n) is 4.00. The summed E-state index contributed by atoms with van der Waals surface area (Å²) in [6.07, 6.45) is 1.70. The van der Waals surface area contributed by atoms with E-state index in [0.29, 0.717) is 18.0 Å². The summed E-state index contributed by atoms with van der Waals surface area (Å²) < 4.78 is 27.1. The number of sulfonamides is 1. The number of nitrogens with zero attached hydrogens (tertiary/aromatic N) is 1. The summed E-state index contributed by atoms with van der Waals surface area (Å²) in [6, 6.07) is 16.8. The van der Waals surface area contributed by atoms with Crippen molar-refractivity contribution in [2.45, 2.75) is 23.8 Å². The molecule has 2 aromatic carbocycles. The van der Waals surface area contributed by atoms with Crippen molar-refractivity contribution >= 4 is 22.4 Å². The lowest BCUT2D eigenvalue weighted by molar-refractivity contribution is 0.316. The molecule has 0 unspecified atom stereocenters. The highest BCUT2D eigenvalue weighted by Crippen LogP contribution is 2.25. The van der Waals surface area contributed by atoms with Crippen molar-refractivity contribution in [1.29, 1.82) is 0 Å². The maximum absolute atomic E-state index is 12.8. The van der Waals surface area contributed by atoms with Gasteiger partial charge in [0.2, 0.25) is 10.0 Å². The zero-order chi connectivity index (χ0) is 15.6. The van der Waals surface area contributed by atoms with Gasteiger partial charge in [0.25, 0.3) is 0 Å². The maximum Gasteiger partial charge on any atom is 0.243 e. The van der Waals surface area contributed by atoms with Crippen LogP contribution in [-0.2, 0) is 10.0 Å². The van der Waals surface area contributed by atoms with Crippen molar-refractivity contribution in [3.8, 4) is 11.1 Å². The minimum absolute atomic E-state index is 0. The lowest BCUT2D eigenvalue weighted by Gasteiger charge is -2.30. The van der Waals surface area contributed by atoms with Crippen LogP contribution in [0.4, 0.5) is 0 Å². The quantitative estimate of drug-likeness (QED) is 0.923. The van der Waals surface area contributed by atoms with Crippen molar-refractivity contribution in [2.75, 3.05) is 13.1 Å². The van der Waals surface area contributed by atoms with E-state index in [-0.39, 0.29) is 18.4 Å². The number of hydrogen-bond acceptors (Lipinski definition) is 3. The fourth-order valence-corrected chi connectivity index (χ4v) is 4.39. The van der Waals surface area contributed by atoms with Crippen LogP contribution in [0.3, 0.4) is 0 Å². The first-order valence-electron chi connectivity index (χ1n) is 7.48. The standard InChI is InChI=1S/C17H20N2O2S.ClH/c18-16-9-5-11-19(13-16)22(20,21)17-10-4-8-15(12-17)14-6-2-1-3-7-14;/h1-4,6-8,10,12,16H,5,9,11,13,18H2;1H/t16-;/m1./s1. The molecule has 0 aromatic heterocycles. The molecule has 124 valence electrons. The van der Waals surface area contributed by atoms with E-state index in [1.54, 1.807) is 18.2 Å². The third-order valence-corrected chi connectivity index (χ3v) is 5.86. The second kappa shape index (κ2) is 7.45. The Balaban J connectivity index is 0.00000192. The van der Waals surface area contributed by atoms with Crippen molar-refractivity contribution < 1.29 is 8.42 Å². The molecule has 6 heteroatoms. The van der Waals surface area contributed by atoms with Crippen LogP contribution in [0.15, 0.2) is 59.5 Å². The van der Waals surface area contributed by atoms with E-state index in [9.17, 15) is 8.42 Å². The van der Waals surface area contributed by atoms with Gasteiger partial charge >= 0.3 is 0 Å². The van der Waals surface area contributed by atoms with Gasteiger partial charge in [-0.05, 0) is 36.1 Å². The molecule has 4 nitrogen and oxygen atoms in total. The Labute approximate surface area is 143 Å². The number of halogens is 1. The lowest BCUT2D eigenvalue weighted by atomic mass is 10.1. The highest BCUT2D eigenvalue weighted by Gasteiger charge is 2.28. The molecule has 1 aliphatic heterocycles. The number of rotatable bonds is 3. The zero-order valence-electron chi connectivity index (χ0n) is 12.8. The maximum atomic E-state index is 12.8. The first-order valence-corrected chi connectivity index (χ1v) is 8.92. The van der Waals surface area contributed by atoms with Crippen LogP contribution in [-0.4, -0.2) is 31.9 Å². The first-order chi connectivity index (χ1) is 10.6. The number of benzene rings is 2. The molecule has 0 saturated carbocycles. The molecule has 1 fully saturated rings. The number of nitrogens with two attached hydrogens (primary N) is 1. The molecule has 0 amide bonds. The summed E-state index contributed by atoms with van der Waals surface area (Å²) in [6.45, 7) is 0.948. The molecule has 0 spiro atoms. The van der Waals surface area contributed by atoms with E-state index in [1.807, 2.05) is 36.4 Å². The Bertz CT molecular complexity index is 750. The molecule has 2 N–H and O–H groups in total. The lowest BCUT2D eigenvalue weighted by Crippen LogP contribution is -2.45. The average molecular weight is 353 g/mol. The Hall–Kier alpha value is -1.40. The van der Waals surface area contributed by atoms with Crippen LogP contribution < -0.4 is 5.73 Å². The van der Waals surface area contributed by atoms with Crippen LogP contribution in [0.2, 0.25) is 0 Å². The minimum Gasteiger partial charge on any atom is -0.327 e. The Morgan fingerprint density at radius 2 is 1.70 bits per heavy atom. The van der Waals surface area contributed by atoms with Gasteiger partial charge in [0.1, 0.15) is 0 Å². The Morgan fingerprint density at radius 3 is 2.39 bits per heavy atom. The van der Waals surface area contributed by atoms with Gasteiger partial charge in [-0.2, -0.15) is 4.31 Å². The van der Waals surface area contributed by atoms with E-state index in [0.717, 1.165) is 24.0 Å². The molecule has 1 atom stereocenters. The molecule has 2 aromatic rings. The van der Waals surface area contributed by atoms with Gasteiger partial charge in [-0.1, -0.05) is 42.5 Å². The van der Waals surface area contributed by atoms with Crippen molar-refractivity contribution in [3.63, 3.8) is 0 Å². The number of hydrogen-bond donors (Lipinski definition) is 1. The van der Waals surface area contributed by atoms with Crippen molar-refractivity contribution in [3.05, 3.63) is 54.6 Å². The second-order valence-electron chi connectivity index (χ2n) is 5.66. The van der Waals surface area contributed by atoms with E-state index >= 15 is 0 Å². The molecule has 1 aliphatic rings. The summed E-state index contributed by atoms with van der Waals surface area (Å²) in [4.78, 5) is 0.336. The van der Waals surface area contributed by atoms with E-state index in [2.05, 4.69) is 0 Å². The topological polar surface area (TPSA) is 63.4 Å². The molecule has 23 heavy (non-hydrogen) atoms. The van der Waals surface area contributed by atoms with Crippen LogP contribution in [0, 0.1) is 0 Å². The van der Waals surface area contributed by atoms with E-state index < -0.39 is 10.0 Å². The molecular weight excluding hydrogens is 332 g/mol. The normalized spacial score (nSPS) is 19.1. The summed E-state index contributed by atoms with van der Waals surface area (Å²) >= 11 is 0. The van der Waals surface area contributed by atoms with E-state index in [4.69, 9.17) is 5.73 Å². The molecule has 1 saturated heterocycles. The zero-order valence-corrected chi connectivity index (χ0v) is 14.4. The fourth-order valence-electron chi connectivity index (χ4n) is 2.81. The van der Waals surface area contributed by atoms with Crippen LogP contribution in [0.5, 0.6) is 0 Å². The highest BCUT2D eigenvalue weighted by atomic mass is 35.5. The predicted octanol–water partition coefficient (Wildman–Crippen LogP) is 2.89. The molecular formula is C17H21ClN2O2S. The smallest absolute Gasteiger partial charge is 0.243 e.